The molecule has 0 saturated carbocycles. The van der Waals surface area contributed by atoms with E-state index in [1.54, 1.807) is 0 Å². The maximum Gasteiger partial charge on any atom is 0.0541 e. The van der Waals surface area contributed by atoms with Gasteiger partial charge in [0.15, 0.2) is 0 Å². The molecule has 0 unspecified atom stereocenters. The molecule has 2 nitrogen and oxygen atoms in total. The number of hydrogen-bond acceptors (Lipinski definition) is 0. The lowest BCUT2D eigenvalue weighted by molar-refractivity contribution is 1.18. The monoisotopic (exact) mass is 712 g/mol. The summed E-state index contributed by atoms with van der Waals surface area (Å²) in [5.41, 5.74) is 16.8. The molecule has 0 aliphatic heterocycles. The van der Waals surface area contributed by atoms with E-state index in [0.717, 1.165) is 11.4 Å². The van der Waals surface area contributed by atoms with Gasteiger partial charge < -0.3 is 9.13 Å². The molecule has 11 aromatic rings. The fourth-order valence-electron chi connectivity index (χ4n) is 8.69. The van der Waals surface area contributed by atoms with Crippen LogP contribution in [-0.4, -0.2) is 9.13 Å². The molecule has 9 aromatic carbocycles. The van der Waals surface area contributed by atoms with Crippen molar-refractivity contribution in [3.63, 3.8) is 0 Å². The number of para-hydroxylation sites is 4. The lowest BCUT2D eigenvalue weighted by Crippen LogP contribution is -1.94. The zero-order valence-corrected chi connectivity index (χ0v) is 30.7. The minimum atomic E-state index is 1.16. The van der Waals surface area contributed by atoms with Gasteiger partial charge in [-0.05, 0) is 111 Å². The van der Waals surface area contributed by atoms with Gasteiger partial charge in [-0.15, -0.1) is 0 Å². The fraction of sp³-hybridized carbons (Fsp3) is 0. The first-order valence-corrected chi connectivity index (χ1v) is 19.3. The molecule has 0 radical (unpaired) electrons. The topological polar surface area (TPSA) is 9.86 Å². The summed E-state index contributed by atoms with van der Waals surface area (Å²) in [6.45, 7) is 0. The van der Waals surface area contributed by atoms with Crippen molar-refractivity contribution in [1.29, 1.82) is 0 Å². The summed E-state index contributed by atoms with van der Waals surface area (Å²) in [5, 5.41) is 5.09. The Morgan fingerprint density at radius 3 is 0.714 bits per heavy atom. The third-order valence-corrected chi connectivity index (χ3v) is 11.3. The molecule has 2 aromatic heterocycles. The van der Waals surface area contributed by atoms with Gasteiger partial charge in [0.25, 0.3) is 0 Å². The van der Waals surface area contributed by atoms with Crippen molar-refractivity contribution in [3.05, 3.63) is 218 Å². The largest absolute Gasteiger partial charge is 0.309 e. The molecular formula is C54H36N2. The summed E-state index contributed by atoms with van der Waals surface area (Å²) in [7, 11) is 0. The van der Waals surface area contributed by atoms with Crippen molar-refractivity contribution in [1.82, 2.24) is 9.13 Å². The number of nitrogens with zero attached hydrogens (tertiary/aromatic N) is 2. The standard InChI is InChI=1S/C54H36N2/c1-5-28-51-47(24-1)48-25-2-6-29-52(48)55(51)45-22-12-20-43(35-45)41-18-10-16-39(33-41)37-14-9-15-38(32-37)40-17-11-19-42(34-40)44-21-13-23-46(36-44)56-53-30-7-3-26-49(53)50-27-4-8-31-54(50)56/h1-36H. The molecule has 0 saturated heterocycles. The Morgan fingerprint density at radius 1 is 0.196 bits per heavy atom. The number of benzene rings is 9. The first kappa shape index (κ1) is 32.0. The first-order chi connectivity index (χ1) is 27.8. The quantitative estimate of drug-likeness (QED) is 0.162. The smallest absolute Gasteiger partial charge is 0.0541 e. The molecule has 0 fully saturated rings. The molecule has 0 aliphatic carbocycles. The van der Waals surface area contributed by atoms with Crippen LogP contribution in [0.3, 0.4) is 0 Å². The highest BCUT2D eigenvalue weighted by Crippen LogP contribution is 2.37. The van der Waals surface area contributed by atoms with Crippen LogP contribution >= 0.6 is 0 Å². The number of aromatic nitrogens is 2. The van der Waals surface area contributed by atoms with Crippen LogP contribution in [0, 0.1) is 0 Å². The van der Waals surface area contributed by atoms with E-state index in [4.69, 9.17) is 0 Å². The third kappa shape index (κ3) is 5.34. The molecule has 0 amide bonds. The van der Waals surface area contributed by atoms with Crippen molar-refractivity contribution in [2.45, 2.75) is 0 Å². The van der Waals surface area contributed by atoms with Gasteiger partial charge in [-0.1, -0.05) is 152 Å². The van der Waals surface area contributed by atoms with E-state index in [0.29, 0.717) is 0 Å². The molecule has 2 heterocycles. The zero-order valence-electron chi connectivity index (χ0n) is 30.7. The summed E-state index contributed by atoms with van der Waals surface area (Å²) in [6.07, 6.45) is 0. The van der Waals surface area contributed by atoms with Gasteiger partial charge in [0.05, 0.1) is 22.1 Å². The maximum atomic E-state index is 2.39. The Morgan fingerprint density at radius 2 is 0.429 bits per heavy atom. The molecule has 0 aliphatic rings. The van der Waals surface area contributed by atoms with Crippen molar-refractivity contribution >= 4 is 43.6 Å². The van der Waals surface area contributed by atoms with E-state index < -0.39 is 0 Å². The van der Waals surface area contributed by atoms with E-state index in [9.17, 15) is 0 Å². The highest BCUT2D eigenvalue weighted by Gasteiger charge is 2.14. The molecule has 0 N–H and O–H groups in total. The Kier molecular flexibility index (Phi) is 7.53. The average Bonchev–Trinajstić information content (AvgIpc) is 3.80. The second-order valence-corrected chi connectivity index (χ2v) is 14.6. The van der Waals surface area contributed by atoms with E-state index in [1.165, 1.54) is 88.1 Å². The van der Waals surface area contributed by atoms with Crippen LogP contribution < -0.4 is 0 Å². The molecule has 11 rings (SSSR count). The molecule has 56 heavy (non-hydrogen) atoms. The van der Waals surface area contributed by atoms with E-state index in [1.807, 2.05) is 0 Å². The van der Waals surface area contributed by atoms with Gasteiger partial charge in [-0.3, -0.25) is 0 Å². The van der Waals surface area contributed by atoms with Crippen molar-refractivity contribution < 1.29 is 0 Å². The number of fused-ring (bicyclic) bond motifs is 6. The fourth-order valence-corrected chi connectivity index (χ4v) is 8.69. The Balaban J connectivity index is 0.929. The van der Waals surface area contributed by atoms with Crippen molar-refractivity contribution in [2.24, 2.45) is 0 Å². The zero-order chi connectivity index (χ0) is 37.0. The minimum absolute atomic E-state index is 1.16. The minimum Gasteiger partial charge on any atom is -0.309 e. The lowest BCUT2D eigenvalue weighted by atomic mass is 9.94. The van der Waals surface area contributed by atoms with Gasteiger partial charge in [0.1, 0.15) is 0 Å². The SMILES string of the molecule is c1cc(-c2cccc(-c3cccc(-n4c5ccccc5c5ccccc54)c3)c2)cc(-c2cccc(-c3cccc(-n4c5ccccc5c5ccccc54)c3)c2)c1. The number of rotatable bonds is 6. The van der Waals surface area contributed by atoms with Crippen molar-refractivity contribution in [3.8, 4) is 55.9 Å². The predicted molar refractivity (Wildman–Crippen MR) is 237 cm³/mol. The van der Waals surface area contributed by atoms with Crippen LogP contribution in [0.5, 0.6) is 0 Å². The molecule has 262 valence electrons. The van der Waals surface area contributed by atoms with Crippen LogP contribution in [0.1, 0.15) is 0 Å². The van der Waals surface area contributed by atoms with Crippen LogP contribution in [0.15, 0.2) is 218 Å². The number of hydrogen-bond donors (Lipinski definition) is 0. The van der Waals surface area contributed by atoms with Crippen LogP contribution in [0.25, 0.3) is 99.5 Å². The van der Waals surface area contributed by atoms with E-state index in [-0.39, 0.29) is 0 Å². The lowest BCUT2D eigenvalue weighted by Gasteiger charge is -2.12. The predicted octanol–water partition coefficient (Wildman–Crippen LogP) is 14.5. The third-order valence-electron chi connectivity index (χ3n) is 11.3. The summed E-state index contributed by atoms with van der Waals surface area (Å²) in [4.78, 5) is 0. The van der Waals surface area contributed by atoms with Crippen LogP contribution in [-0.2, 0) is 0 Å². The highest BCUT2D eigenvalue weighted by atomic mass is 15.0. The summed E-state index contributed by atoms with van der Waals surface area (Å²) < 4.78 is 4.77. The first-order valence-electron chi connectivity index (χ1n) is 19.3. The Hall–Kier alpha value is -7.42. The van der Waals surface area contributed by atoms with Crippen LogP contribution in [0.2, 0.25) is 0 Å². The second kappa shape index (κ2) is 13.2. The van der Waals surface area contributed by atoms with Crippen LogP contribution in [0.4, 0.5) is 0 Å². The van der Waals surface area contributed by atoms with E-state index in [2.05, 4.69) is 228 Å². The Bertz CT molecular complexity index is 2940. The highest BCUT2D eigenvalue weighted by molar-refractivity contribution is 6.10. The molecule has 0 atom stereocenters. The average molecular weight is 713 g/mol. The van der Waals surface area contributed by atoms with Gasteiger partial charge in [-0.25, -0.2) is 0 Å². The molecule has 2 heteroatoms. The van der Waals surface area contributed by atoms with Crippen molar-refractivity contribution in [2.75, 3.05) is 0 Å². The van der Waals surface area contributed by atoms with Gasteiger partial charge in [0.2, 0.25) is 0 Å². The molecular weight excluding hydrogens is 677 g/mol. The van der Waals surface area contributed by atoms with E-state index >= 15 is 0 Å². The summed E-state index contributed by atoms with van der Waals surface area (Å²) >= 11 is 0. The maximum absolute atomic E-state index is 2.39. The second-order valence-electron chi connectivity index (χ2n) is 14.6. The Labute approximate surface area is 325 Å². The van der Waals surface area contributed by atoms with Gasteiger partial charge in [-0.2, -0.15) is 0 Å². The van der Waals surface area contributed by atoms with Gasteiger partial charge in [0, 0.05) is 32.9 Å². The molecule has 0 spiro atoms. The summed E-state index contributed by atoms with van der Waals surface area (Å²) in [5.74, 6) is 0. The normalized spacial score (nSPS) is 11.6. The summed E-state index contributed by atoms with van der Waals surface area (Å²) in [6, 6.07) is 79.4. The van der Waals surface area contributed by atoms with Gasteiger partial charge >= 0.3 is 0 Å². The molecule has 0 bridgehead atoms.